The molecule has 5 heterocycles. The summed E-state index contributed by atoms with van der Waals surface area (Å²) in [5, 5.41) is 21.1. The SMILES string of the molecule is NC(=O)c1nn(-c2ccc(C(=O)NCCCCCNCCNc3cccc4c3C(=O)N(C3CCCNC3=O)C4=O)cc2)cc1NC(=O)c1coc(-c2ccnc(NCC(F)(F)F)c2)n1. The van der Waals surface area contributed by atoms with Crippen LogP contribution in [0.2, 0.25) is 0 Å². The van der Waals surface area contributed by atoms with Crippen LogP contribution < -0.4 is 37.6 Å². The second-order valence-corrected chi connectivity index (χ2v) is 14.8. The summed E-state index contributed by atoms with van der Waals surface area (Å²) >= 11 is 0. The number of benzene rings is 2. The predicted octanol–water partition coefficient (Wildman–Crippen LogP) is 3.72. The lowest BCUT2D eigenvalue weighted by Gasteiger charge is -2.28. The number of piperidine rings is 1. The zero-order valence-electron chi connectivity index (χ0n) is 34.1. The van der Waals surface area contributed by atoms with Crippen LogP contribution in [0.1, 0.15) is 84.2 Å². The van der Waals surface area contributed by atoms with E-state index in [0.717, 1.165) is 37.0 Å². The summed E-state index contributed by atoms with van der Waals surface area (Å²) in [4.78, 5) is 85.9. The van der Waals surface area contributed by atoms with Crippen LogP contribution in [0, 0.1) is 0 Å². The Kier molecular flexibility index (Phi) is 13.6. The molecular weight excluding hydrogens is 842 g/mol. The van der Waals surface area contributed by atoms with Crippen molar-refractivity contribution in [2.24, 2.45) is 5.73 Å². The Bertz CT molecular complexity index is 2560. The summed E-state index contributed by atoms with van der Waals surface area (Å²) in [5.74, 6) is -3.39. The van der Waals surface area contributed by atoms with E-state index in [1.165, 1.54) is 29.2 Å². The minimum absolute atomic E-state index is 0.0375. The molecule has 334 valence electrons. The number of halogens is 3. The number of pyridine rings is 1. The molecule has 1 atom stereocenters. The van der Waals surface area contributed by atoms with Crippen LogP contribution in [-0.4, -0.2) is 112 Å². The van der Waals surface area contributed by atoms with Crippen molar-refractivity contribution >= 4 is 52.6 Å². The Morgan fingerprint density at radius 3 is 2.47 bits per heavy atom. The molecule has 64 heavy (non-hydrogen) atoms. The highest BCUT2D eigenvalue weighted by Gasteiger charge is 2.44. The van der Waals surface area contributed by atoms with Crippen molar-refractivity contribution in [1.82, 2.24) is 40.6 Å². The van der Waals surface area contributed by atoms with Gasteiger partial charge in [-0.1, -0.05) is 12.5 Å². The molecule has 5 aromatic rings. The van der Waals surface area contributed by atoms with Crippen LogP contribution in [0.4, 0.5) is 30.4 Å². The van der Waals surface area contributed by atoms with E-state index in [1.807, 2.05) is 0 Å². The van der Waals surface area contributed by atoms with Crippen LogP contribution >= 0.6 is 0 Å². The maximum atomic E-state index is 13.3. The molecule has 7 rings (SSSR count). The first-order valence-corrected chi connectivity index (χ1v) is 20.3. The van der Waals surface area contributed by atoms with Gasteiger partial charge in [0.05, 0.1) is 28.7 Å². The smallest absolute Gasteiger partial charge is 0.405 e. The third-order valence-electron chi connectivity index (χ3n) is 10.3. The second-order valence-electron chi connectivity index (χ2n) is 14.8. The van der Waals surface area contributed by atoms with Gasteiger partial charge in [0.25, 0.3) is 29.5 Å². The van der Waals surface area contributed by atoms with Crippen molar-refractivity contribution in [2.45, 2.75) is 44.3 Å². The Hall–Kier alpha value is -7.62. The number of hydrogen-bond donors (Lipinski definition) is 7. The number of hydrogen-bond acceptors (Lipinski definition) is 13. The highest BCUT2D eigenvalue weighted by atomic mass is 19.4. The number of carbonyl (C=O) groups is 6. The van der Waals surface area contributed by atoms with E-state index in [0.29, 0.717) is 56.0 Å². The minimum Gasteiger partial charge on any atom is -0.444 e. The maximum absolute atomic E-state index is 13.3. The number of amides is 6. The molecule has 0 spiro atoms. The number of nitrogens with one attached hydrogen (secondary N) is 6. The fraction of sp³-hybridized carbons (Fsp3) is 0.310. The van der Waals surface area contributed by atoms with Crippen LogP contribution in [0.3, 0.4) is 0 Å². The molecule has 2 aliphatic heterocycles. The van der Waals surface area contributed by atoms with E-state index in [4.69, 9.17) is 10.2 Å². The van der Waals surface area contributed by atoms with Gasteiger partial charge in [-0.05, 0) is 80.8 Å². The van der Waals surface area contributed by atoms with Crippen molar-refractivity contribution in [3.05, 3.63) is 101 Å². The molecule has 8 N–H and O–H groups in total. The Labute approximate surface area is 362 Å². The van der Waals surface area contributed by atoms with Crippen molar-refractivity contribution < 1.29 is 46.4 Å². The number of nitrogens with two attached hydrogens (primary N) is 1. The summed E-state index contributed by atoms with van der Waals surface area (Å²) in [6, 6.07) is 13.3. The Balaban J connectivity index is 0.820. The largest absolute Gasteiger partial charge is 0.444 e. The normalized spacial score (nSPS) is 14.8. The third-order valence-corrected chi connectivity index (χ3v) is 10.3. The first kappa shape index (κ1) is 44.4. The number of fused-ring (bicyclic) bond motifs is 1. The lowest BCUT2D eigenvalue weighted by atomic mass is 10.1. The number of imide groups is 1. The number of unbranched alkanes of at least 4 members (excludes halogenated alkanes) is 2. The molecule has 1 fully saturated rings. The van der Waals surface area contributed by atoms with E-state index >= 15 is 0 Å². The van der Waals surface area contributed by atoms with Crippen LogP contribution in [0.15, 0.2) is 77.7 Å². The highest BCUT2D eigenvalue weighted by Crippen LogP contribution is 2.32. The van der Waals surface area contributed by atoms with Gasteiger partial charge in [-0.2, -0.15) is 18.3 Å². The molecule has 0 radical (unpaired) electrons. The molecule has 0 aliphatic carbocycles. The monoisotopic (exact) mass is 884 g/mol. The predicted molar refractivity (Wildman–Crippen MR) is 225 cm³/mol. The molecular formula is C42H43F3N12O7. The van der Waals surface area contributed by atoms with Crippen molar-refractivity contribution in [2.75, 3.05) is 55.2 Å². The first-order chi connectivity index (χ1) is 30.8. The van der Waals surface area contributed by atoms with Crippen molar-refractivity contribution in [1.29, 1.82) is 0 Å². The summed E-state index contributed by atoms with van der Waals surface area (Å²) < 4.78 is 44.5. The molecule has 2 aromatic carbocycles. The van der Waals surface area contributed by atoms with Gasteiger partial charge in [-0.3, -0.25) is 33.7 Å². The number of alkyl halides is 3. The van der Waals surface area contributed by atoms with Crippen LogP contribution in [0.25, 0.3) is 17.1 Å². The number of aromatic nitrogens is 4. The number of nitrogens with zero attached hydrogens (tertiary/aromatic N) is 5. The molecule has 2 aliphatic rings. The van der Waals surface area contributed by atoms with E-state index in [1.54, 1.807) is 42.5 Å². The fourth-order valence-corrected chi connectivity index (χ4v) is 7.10. The molecule has 6 amide bonds. The van der Waals surface area contributed by atoms with Gasteiger partial charge in [-0.15, -0.1) is 0 Å². The second kappa shape index (κ2) is 19.6. The van der Waals surface area contributed by atoms with Gasteiger partial charge < -0.3 is 42.1 Å². The minimum atomic E-state index is -4.46. The first-order valence-electron chi connectivity index (χ1n) is 20.3. The molecule has 1 saturated heterocycles. The van der Waals surface area contributed by atoms with Crippen LogP contribution in [0.5, 0.6) is 0 Å². The van der Waals surface area contributed by atoms with Gasteiger partial charge in [0.2, 0.25) is 11.8 Å². The molecule has 0 saturated carbocycles. The van der Waals surface area contributed by atoms with E-state index in [9.17, 15) is 41.9 Å². The number of oxazole rings is 1. The van der Waals surface area contributed by atoms with Gasteiger partial charge in [0.1, 0.15) is 24.7 Å². The Morgan fingerprint density at radius 1 is 0.906 bits per heavy atom. The van der Waals surface area contributed by atoms with Crippen LogP contribution in [-0.2, 0) is 4.79 Å². The topological polar surface area (TPSA) is 261 Å². The summed E-state index contributed by atoms with van der Waals surface area (Å²) in [5.41, 5.74) is 7.24. The standard InChI is InChI=1S/C42H43F3N12O7/c43-42(44,45)23-52-32-20-25(13-17-49-32)39-54-30(22-64-39)37(60)53-29-21-56(55-34(29)35(46)58)26-11-9-24(10-12-26)36(59)50-15-3-1-2-14-47-18-19-48-28-7-4-6-27-33(28)41(63)57(40(27)62)31-8-5-16-51-38(31)61/h4,6-7,9-13,17,20-22,31,47-48H,1-3,5,8,14-16,18-19,23H2,(H2,46,58)(H,49,52)(H,50,59)(H,51,61)(H,53,60). The lowest BCUT2D eigenvalue weighted by molar-refractivity contribution is -0.126. The van der Waals surface area contributed by atoms with Gasteiger partial charge in [0, 0.05) is 49.2 Å². The molecule has 0 bridgehead atoms. The van der Waals surface area contributed by atoms with Crippen molar-refractivity contribution in [3.8, 4) is 17.1 Å². The third kappa shape index (κ3) is 10.5. The average molecular weight is 885 g/mol. The lowest BCUT2D eigenvalue weighted by Crippen LogP contribution is -2.52. The zero-order chi connectivity index (χ0) is 45.4. The molecule has 19 nitrogen and oxygen atoms in total. The van der Waals surface area contributed by atoms with Gasteiger partial charge >= 0.3 is 6.18 Å². The van der Waals surface area contributed by atoms with E-state index in [-0.39, 0.29) is 57.3 Å². The Morgan fingerprint density at radius 2 is 1.70 bits per heavy atom. The zero-order valence-corrected chi connectivity index (χ0v) is 34.1. The number of carbonyl (C=O) groups excluding carboxylic acids is 6. The number of anilines is 3. The highest BCUT2D eigenvalue weighted by molar-refractivity contribution is 6.25. The molecule has 3 aromatic heterocycles. The van der Waals surface area contributed by atoms with Gasteiger partial charge in [-0.25, -0.2) is 14.6 Å². The summed E-state index contributed by atoms with van der Waals surface area (Å²) in [6.45, 7) is 1.51. The summed E-state index contributed by atoms with van der Waals surface area (Å²) in [6.07, 6.45) is 2.77. The molecule has 1 unspecified atom stereocenters. The van der Waals surface area contributed by atoms with Gasteiger partial charge in [0.15, 0.2) is 11.4 Å². The van der Waals surface area contributed by atoms with Crippen molar-refractivity contribution in [3.63, 3.8) is 0 Å². The molecule has 22 heteroatoms. The fourth-order valence-electron chi connectivity index (χ4n) is 7.10. The average Bonchev–Trinajstić information content (AvgIpc) is 4.01. The number of rotatable bonds is 19. The number of primary amides is 1. The summed E-state index contributed by atoms with van der Waals surface area (Å²) in [7, 11) is 0. The maximum Gasteiger partial charge on any atom is 0.405 e. The quantitative estimate of drug-likeness (QED) is 0.0462. The van der Waals surface area contributed by atoms with E-state index < -0.39 is 42.4 Å². The van der Waals surface area contributed by atoms with E-state index in [2.05, 4.69) is 47.0 Å².